The van der Waals surface area contributed by atoms with E-state index in [1.54, 1.807) is 0 Å². The van der Waals surface area contributed by atoms with Gasteiger partial charge in [0.05, 0.1) is 7.11 Å². The van der Waals surface area contributed by atoms with Crippen LogP contribution in [0.1, 0.15) is 13.3 Å². The average molecular weight is 200 g/mol. The second kappa shape index (κ2) is 4.95. The summed E-state index contributed by atoms with van der Waals surface area (Å²) in [6.45, 7) is 3.73. The van der Waals surface area contributed by atoms with Gasteiger partial charge in [-0.15, -0.1) is 0 Å². The van der Waals surface area contributed by atoms with Crippen LogP contribution >= 0.6 is 0 Å². The van der Waals surface area contributed by atoms with Gasteiger partial charge in [-0.1, -0.05) is 6.92 Å². The van der Waals surface area contributed by atoms with Gasteiger partial charge >= 0.3 is 11.9 Å². The largest absolute Gasteiger partial charge is 0.462 e. The molecule has 2 unspecified atom stereocenters. The molecule has 0 aliphatic carbocycles. The highest BCUT2D eigenvalue weighted by Gasteiger charge is 2.25. The fourth-order valence-corrected chi connectivity index (χ4v) is 1.50. The van der Waals surface area contributed by atoms with Gasteiger partial charge in [-0.2, -0.15) is 0 Å². The molecular formula is C9H16N2O3. The van der Waals surface area contributed by atoms with Crippen LogP contribution in [0.3, 0.4) is 0 Å². The number of hydrogen-bond acceptors (Lipinski definition) is 4. The van der Waals surface area contributed by atoms with Crippen molar-refractivity contribution in [3.8, 4) is 0 Å². The number of hydrogen-bond donors (Lipinski definition) is 2. The van der Waals surface area contributed by atoms with Crippen molar-refractivity contribution < 1.29 is 14.3 Å². The number of esters is 1. The highest BCUT2D eigenvalue weighted by atomic mass is 16.5. The molecule has 0 spiro atoms. The topological polar surface area (TPSA) is 67.4 Å². The summed E-state index contributed by atoms with van der Waals surface area (Å²) < 4.78 is 4.32. The summed E-state index contributed by atoms with van der Waals surface area (Å²) >= 11 is 0. The van der Waals surface area contributed by atoms with Gasteiger partial charge in [0.15, 0.2) is 0 Å². The Morgan fingerprint density at radius 2 is 2.21 bits per heavy atom. The average Bonchev–Trinajstić information content (AvgIpc) is 2.20. The van der Waals surface area contributed by atoms with Gasteiger partial charge in [0.25, 0.3) is 0 Å². The van der Waals surface area contributed by atoms with E-state index in [4.69, 9.17) is 0 Å². The molecule has 0 saturated carbocycles. The Bertz CT molecular complexity index is 230. The van der Waals surface area contributed by atoms with Gasteiger partial charge in [-0.25, -0.2) is 4.79 Å². The second-order valence-corrected chi connectivity index (χ2v) is 3.54. The zero-order valence-electron chi connectivity index (χ0n) is 8.50. The molecule has 0 aromatic rings. The Morgan fingerprint density at radius 1 is 1.50 bits per heavy atom. The highest BCUT2D eigenvalue weighted by Crippen LogP contribution is 2.10. The molecule has 1 fully saturated rings. The monoisotopic (exact) mass is 200 g/mol. The standard InChI is InChI=1S/C9H16N2O3/c1-6-3-4-10-5-7(6)11-8(12)9(13)14-2/h6-7,10H,3-5H2,1-2H3,(H,11,12). The summed E-state index contributed by atoms with van der Waals surface area (Å²) in [6, 6.07) is 0.0235. The Morgan fingerprint density at radius 3 is 2.79 bits per heavy atom. The molecule has 2 atom stereocenters. The molecular weight excluding hydrogens is 184 g/mol. The van der Waals surface area contributed by atoms with Crippen LogP contribution in [0.4, 0.5) is 0 Å². The van der Waals surface area contributed by atoms with Crippen molar-refractivity contribution >= 4 is 11.9 Å². The maximum Gasteiger partial charge on any atom is 0.396 e. The molecule has 1 aliphatic heterocycles. The zero-order chi connectivity index (χ0) is 10.6. The van der Waals surface area contributed by atoms with Crippen molar-refractivity contribution in [2.45, 2.75) is 19.4 Å². The molecule has 5 heteroatoms. The third kappa shape index (κ3) is 2.70. The van der Waals surface area contributed by atoms with E-state index in [0.29, 0.717) is 12.5 Å². The lowest BCUT2D eigenvalue weighted by Crippen LogP contribution is -2.51. The highest BCUT2D eigenvalue weighted by molar-refractivity contribution is 6.32. The van der Waals surface area contributed by atoms with E-state index in [-0.39, 0.29) is 6.04 Å². The molecule has 1 rings (SSSR count). The van der Waals surface area contributed by atoms with Gasteiger partial charge in [0.1, 0.15) is 0 Å². The van der Waals surface area contributed by atoms with Crippen molar-refractivity contribution in [3.05, 3.63) is 0 Å². The molecule has 0 aromatic carbocycles. The first-order valence-electron chi connectivity index (χ1n) is 4.74. The minimum Gasteiger partial charge on any atom is -0.462 e. The maximum atomic E-state index is 11.2. The minimum atomic E-state index is -0.831. The Hall–Kier alpha value is -1.10. The fourth-order valence-electron chi connectivity index (χ4n) is 1.50. The van der Waals surface area contributed by atoms with Crippen LogP contribution in [0.15, 0.2) is 0 Å². The predicted octanol–water partition coefficient (Wildman–Crippen LogP) is -0.726. The molecule has 1 saturated heterocycles. The first-order chi connectivity index (χ1) is 6.65. The third-order valence-corrected chi connectivity index (χ3v) is 2.51. The normalized spacial score (nSPS) is 26.7. The zero-order valence-corrected chi connectivity index (χ0v) is 8.50. The van der Waals surface area contributed by atoms with Crippen molar-refractivity contribution in [1.29, 1.82) is 0 Å². The quantitative estimate of drug-likeness (QED) is 0.433. The van der Waals surface area contributed by atoms with Crippen LogP contribution < -0.4 is 10.6 Å². The van der Waals surface area contributed by atoms with Gasteiger partial charge in [0, 0.05) is 12.6 Å². The number of methoxy groups -OCH3 is 1. The van der Waals surface area contributed by atoms with E-state index in [2.05, 4.69) is 22.3 Å². The summed E-state index contributed by atoms with van der Waals surface area (Å²) in [4.78, 5) is 22.0. The van der Waals surface area contributed by atoms with Crippen LogP contribution in [0, 0.1) is 5.92 Å². The molecule has 14 heavy (non-hydrogen) atoms. The van der Waals surface area contributed by atoms with Crippen LogP contribution in [0.5, 0.6) is 0 Å². The lowest BCUT2D eigenvalue weighted by Gasteiger charge is -2.29. The number of carbonyl (C=O) groups is 2. The second-order valence-electron chi connectivity index (χ2n) is 3.54. The molecule has 0 bridgehead atoms. The van der Waals surface area contributed by atoms with Crippen molar-refractivity contribution in [1.82, 2.24) is 10.6 Å². The van der Waals surface area contributed by atoms with E-state index in [1.165, 1.54) is 7.11 Å². The summed E-state index contributed by atoms with van der Waals surface area (Å²) in [6.07, 6.45) is 1.01. The van der Waals surface area contributed by atoms with Crippen LogP contribution in [-0.2, 0) is 14.3 Å². The molecule has 5 nitrogen and oxygen atoms in total. The predicted molar refractivity (Wildman–Crippen MR) is 50.6 cm³/mol. The molecule has 80 valence electrons. The number of carbonyl (C=O) groups excluding carboxylic acids is 2. The number of rotatable bonds is 1. The fraction of sp³-hybridized carbons (Fsp3) is 0.778. The van der Waals surface area contributed by atoms with Gasteiger partial charge in [-0.05, 0) is 18.9 Å². The third-order valence-electron chi connectivity index (χ3n) is 2.51. The Balaban J connectivity index is 2.42. The van der Waals surface area contributed by atoms with E-state index < -0.39 is 11.9 Å². The molecule has 1 heterocycles. The van der Waals surface area contributed by atoms with Gasteiger partial charge in [-0.3, -0.25) is 4.79 Å². The van der Waals surface area contributed by atoms with Crippen molar-refractivity contribution in [3.63, 3.8) is 0 Å². The number of amides is 1. The molecule has 1 amide bonds. The number of piperidine rings is 1. The summed E-state index contributed by atoms with van der Waals surface area (Å²) in [5.74, 6) is -1.10. The molecule has 0 aromatic heterocycles. The van der Waals surface area contributed by atoms with Crippen LogP contribution in [-0.4, -0.2) is 38.1 Å². The minimum absolute atomic E-state index is 0.0235. The Kier molecular flexibility index (Phi) is 3.88. The number of ether oxygens (including phenoxy) is 1. The van der Waals surface area contributed by atoms with Crippen LogP contribution in [0.25, 0.3) is 0 Å². The van der Waals surface area contributed by atoms with E-state index >= 15 is 0 Å². The molecule has 1 aliphatic rings. The van der Waals surface area contributed by atoms with E-state index in [1.807, 2.05) is 0 Å². The summed E-state index contributed by atoms with van der Waals surface area (Å²) in [5.41, 5.74) is 0. The first kappa shape index (κ1) is 11.0. The van der Waals surface area contributed by atoms with Crippen molar-refractivity contribution in [2.24, 2.45) is 5.92 Å². The number of nitrogens with one attached hydrogen (secondary N) is 2. The van der Waals surface area contributed by atoms with Gasteiger partial charge in [0.2, 0.25) is 0 Å². The smallest absolute Gasteiger partial charge is 0.396 e. The van der Waals surface area contributed by atoms with E-state index in [0.717, 1.165) is 13.0 Å². The molecule has 2 N–H and O–H groups in total. The summed E-state index contributed by atoms with van der Waals surface area (Å²) in [5, 5.41) is 5.80. The molecule has 0 radical (unpaired) electrons. The summed E-state index contributed by atoms with van der Waals surface area (Å²) in [7, 11) is 1.20. The van der Waals surface area contributed by atoms with E-state index in [9.17, 15) is 9.59 Å². The SMILES string of the molecule is COC(=O)C(=O)NC1CNCCC1C. The first-order valence-corrected chi connectivity index (χ1v) is 4.74. The van der Waals surface area contributed by atoms with Crippen molar-refractivity contribution in [2.75, 3.05) is 20.2 Å². The van der Waals surface area contributed by atoms with Crippen LogP contribution in [0.2, 0.25) is 0 Å². The maximum absolute atomic E-state index is 11.2. The lowest BCUT2D eigenvalue weighted by atomic mass is 9.95. The lowest BCUT2D eigenvalue weighted by molar-refractivity contribution is -0.153. The Labute approximate surface area is 83.2 Å². The van der Waals surface area contributed by atoms with Gasteiger partial charge < -0.3 is 15.4 Å².